The molecule has 66 heavy (non-hydrogen) atoms. The van der Waals surface area contributed by atoms with Gasteiger partial charge in [-0.1, -0.05) is 164 Å². The summed E-state index contributed by atoms with van der Waals surface area (Å²) in [5, 5.41) is 9.47. The molecule has 1 aliphatic heterocycles. The van der Waals surface area contributed by atoms with Gasteiger partial charge in [-0.05, 0) is 70.1 Å². The maximum absolute atomic E-state index is 5.74. The van der Waals surface area contributed by atoms with Crippen LogP contribution in [0.4, 0.5) is 0 Å². The van der Waals surface area contributed by atoms with Gasteiger partial charge in [0.15, 0.2) is 0 Å². The fourth-order valence-corrected chi connectivity index (χ4v) is 13.4. The van der Waals surface area contributed by atoms with Crippen molar-refractivity contribution in [3.8, 4) is 40.1 Å². The summed E-state index contributed by atoms with van der Waals surface area (Å²) in [5.74, 6) is 1.72. The van der Waals surface area contributed by atoms with Crippen molar-refractivity contribution in [1.82, 2.24) is 28.7 Å². The van der Waals surface area contributed by atoms with Crippen LogP contribution in [0.25, 0.3) is 126 Å². The Morgan fingerprint density at radius 2 is 0.955 bits per heavy atom. The van der Waals surface area contributed by atoms with E-state index in [2.05, 4.69) is 209 Å². The number of hydrogen-bond acceptors (Lipinski definition) is 4. The Hall–Kier alpha value is -8.39. The number of nitrogens with zero attached hydrogens (tertiary/aromatic N) is 6. The molecule has 1 aliphatic carbocycles. The van der Waals surface area contributed by atoms with Gasteiger partial charge >= 0.3 is 0 Å². The van der Waals surface area contributed by atoms with Gasteiger partial charge in [0.1, 0.15) is 0 Å². The molecule has 0 saturated heterocycles. The Balaban J connectivity index is 1.15. The maximum atomic E-state index is 5.74. The van der Waals surface area contributed by atoms with Crippen LogP contribution in [0.3, 0.4) is 0 Å². The standard InChI is InChI=1S/C59H34N6S/c1-59-45-21-9-5-16-35(45)40-28-29-42-37-18-7-11-24-48(37)64(53(42)51(40)59)57-60-56(63-47-23-10-6-17-36(47)38-27-26-34(32-49(38)63)33-14-3-2-4-15-33)61-58(62-57)65-52-41(20-13-22-46(52)59)43-30-31-44-39-19-8-12-25-50(39)66-55(44)54(43)65/h2-32H,1H3. The average Bonchev–Trinajstić information content (AvgIpc) is 4.16. The zero-order chi connectivity index (χ0) is 43.0. The zero-order valence-corrected chi connectivity index (χ0v) is 36.3. The molecule has 306 valence electrons. The van der Waals surface area contributed by atoms with Crippen LogP contribution in [-0.4, -0.2) is 28.7 Å². The second-order valence-electron chi connectivity index (χ2n) is 18.1. The Morgan fingerprint density at radius 1 is 0.379 bits per heavy atom. The molecule has 0 saturated carbocycles. The first-order valence-electron chi connectivity index (χ1n) is 22.5. The van der Waals surface area contributed by atoms with Gasteiger partial charge in [-0.2, -0.15) is 15.0 Å². The van der Waals surface area contributed by atoms with Crippen molar-refractivity contribution < 1.29 is 0 Å². The van der Waals surface area contributed by atoms with Crippen LogP contribution in [0.1, 0.15) is 23.6 Å². The molecular weight excluding hydrogens is 825 g/mol. The molecule has 0 radical (unpaired) electrons. The molecule has 9 aromatic carbocycles. The van der Waals surface area contributed by atoms with Gasteiger partial charge in [-0.3, -0.25) is 13.7 Å². The van der Waals surface area contributed by atoms with Gasteiger partial charge in [0, 0.05) is 53.2 Å². The molecule has 16 rings (SSSR count). The highest BCUT2D eigenvalue weighted by Crippen LogP contribution is 2.58. The first-order chi connectivity index (χ1) is 32.6. The molecule has 2 bridgehead atoms. The van der Waals surface area contributed by atoms with E-state index in [0.29, 0.717) is 17.8 Å². The van der Waals surface area contributed by atoms with E-state index in [1.54, 1.807) is 0 Å². The van der Waals surface area contributed by atoms with Gasteiger partial charge in [0.25, 0.3) is 0 Å². The van der Waals surface area contributed by atoms with Crippen molar-refractivity contribution >= 4 is 96.9 Å². The van der Waals surface area contributed by atoms with Crippen LogP contribution in [0.2, 0.25) is 0 Å². The van der Waals surface area contributed by atoms with Crippen molar-refractivity contribution in [3.63, 3.8) is 0 Å². The summed E-state index contributed by atoms with van der Waals surface area (Å²) in [7, 11) is 0. The van der Waals surface area contributed by atoms with Crippen LogP contribution in [0.5, 0.6) is 0 Å². The fourth-order valence-electron chi connectivity index (χ4n) is 12.1. The first kappa shape index (κ1) is 35.0. The van der Waals surface area contributed by atoms with Gasteiger partial charge in [0.2, 0.25) is 17.8 Å². The second kappa shape index (κ2) is 12.2. The summed E-state index contributed by atoms with van der Waals surface area (Å²) in [4.78, 5) is 17.2. The number of thiophene rings is 1. The minimum Gasteiger partial charge on any atom is -0.278 e. The number of fused-ring (bicyclic) bond motifs is 21. The van der Waals surface area contributed by atoms with Gasteiger partial charge in [-0.15, -0.1) is 11.3 Å². The summed E-state index contributed by atoms with van der Waals surface area (Å²) in [5.41, 5.74) is 14.5. The van der Waals surface area contributed by atoms with Crippen molar-refractivity contribution in [3.05, 3.63) is 205 Å². The third kappa shape index (κ3) is 4.20. The van der Waals surface area contributed by atoms with Crippen LogP contribution < -0.4 is 0 Å². The number of para-hydroxylation sites is 3. The predicted molar refractivity (Wildman–Crippen MR) is 272 cm³/mol. The summed E-state index contributed by atoms with van der Waals surface area (Å²) in [6.45, 7) is 2.45. The van der Waals surface area contributed by atoms with Crippen LogP contribution in [0.15, 0.2) is 188 Å². The van der Waals surface area contributed by atoms with E-state index in [1.165, 1.54) is 64.1 Å². The van der Waals surface area contributed by atoms with E-state index < -0.39 is 5.41 Å². The fraction of sp³-hybridized carbons (Fsp3) is 0.0339. The maximum Gasteiger partial charge on any atom is 0.241 e. The molecule has 0 fully saturated rings. The van der Waals surface area contributed by atoms with E-state index >= 15 is 0 Å². The molecule has 14 aromatic rings. The lowest BCUT2D eigenvalue weighted by Gasteiger charge is -2.31. The lowest BCUT2D eigenvalue weighted by atomic mass is 9.73. The molecule has 2 aliphatic rings. The molecule has 0 N–H and O–H groups in total. The Kier molecular flexibility index (Phi) is 6.49. The quantitative estimate of drug-likeness (QED) is 0.174. The second-order valence-corrected chi connectivity index (χ2v) is 19.1. The molecule has 1 unspecified atom stereocenters. The largest absolute Gasteiger partial charge is 0.278 e. The smallest absolute Gasteiger partial charge is 0.241 e. The predicted octanol–water partition coefficient (Wildman–Crippen LogP) is 14.8. The SMILES string of the molecule is CC12c3ccccc3-c3ccc4c5ccccc5n(c4c31)-c1nc(-n3c4ccccc4c4ccc(-c5ccccc5)cc43)nc(n1)-n1c3c2cccc3c2ccc3c4ccccc4sc3c21. The van der Waals surface area contributed by atoms with Gasteiger partial charge in [-0.25, -0.2) is 0 Å². The summed E-state index contributed by atoms with van der Waals surface area (Å²) in [6, 6.07) is 68.8. The summed E-state index contributed by atoms with van der Waals surface area (Å²) in [6.07, 6.45) is 0. The average molecular weight is 859 g/mol. The molecule has 6 nitrogen and oxygen atoms in total. The van der Waals surface area contributed by atoms with Gasteiger partial charge < -0.3 is 0 Å². The van der Waals surface area contributed by atoms with Crippen LogP contribution >= 0.6 is 11.3 Å². The summed E-state index contributed by atoms with van der Waals surface area (Å²) < 4.78 is 9.48. The molecule has 1 atom stereocenters. The molecule has 0 spiro atoms. The minimum atomic E-state index is -0.567. The minimum absolute atomic E-state index is 0.563. The van der Waals surface area contributed by atoms with Crippen LogP contribution in [0, 0.1) is 0 Å². The molecule has 5 aromatic heterocycles. The van der Waals surface area contributed by atoms with E-state index in [1.807, 2.05) is 11.3 Å². The van der Waals surface area contributed by atoms with Crippen LogP contribution in [-0.2, 0) is 5.41 Å². The number of benzene rings is 9. The van der Waals surface area contributed by atoms with E-state index in [9.17, 15) is 0 Å². The number of aromatic nitrogens is 6. The van der Waals surface area contributed by atoms with Crippen molar-refractivity contribution in [2.75, 3.05) is 0 Å². The number of hydrogen-bond donors (Lipinski definition) is 0. The Bertz CT molecular complexity index is 4490. The topological polar surface area (TPSA) is 53.5 Å². The Labute approximate surface area is 380 Å². The molecule has 0 amide bonds. The third-order valence-electron chi connectivity index (χ3n) is 14.9. The summed E-state index contributed by atoms with van der Waals surface area (Å²) >= 11 is 1.85. The van der Waals surface area contributed by atoms with Crippen molar-refractivity contribution in [2.24, 2.45) is 0 Å². The zero-order valence-electron chi connectivity index (χ0n) is 35.5. The van der Waals surface area contributed by atoms with E-state index in [4.69, 9.17) is 15.0 Å². The first-order valence-corrected chi connectivity index (χ1v) is 23.4. The molecule has 7 heteroatoms. The highest BCUT2D eigenvalue weighted by molar-refractivity contribution is 7.26. The number of rotatable bonds is 2. The molecule has 6 heterocycles. The lowest BCUT2D eigenvalue weighted by Crippen LogP contribution is -2.26. The van der Waals surface area contributed by atoms with Crippen molar-refractivity contribution in [1.29, 1.82) is 0 Å². The molecular formula is C59H34N6S. The van der Waals surface area contributed by atoms with Gasteiger partial charge in [0.05, 0.1) is 37.8 Å². The highest BCUT2D eigenvalue weighted by atomic mass is 32.1. The third-order valence-corrected chi connectivity index (χ3v) is 16.1. The normalized spacial score (nSPS) is 15.1. The van der Waals surface area contributed by atoms with E-state index in [0.717, 1.165) is 60.4 Å². The van der Waals surface area contributed by atoms with Crippen molar-refractivity contribution in [2.45, 2.75) is 12.3 Å². The lowest BCUT2D eigenvalue weighted by molar-refractivity contribution is 0.715. The highest BCUT2D eigenvalue weighted by Gasteiger charge is 2.45. The Morgan fingerprint density at radius 3 is 1.80 bits per heavy atom. The monoisotopic (exact) mass is 858 g/mol. The van der Waals surface area contributed by atoms with E-state index in [-0.39, 0.29) is 0 Å².